The monoisotopic (exact) mass is 354 g/mol. The van der Waals surface area contributed by atoms with Gasteiger partial charge in [0.1, 0.15) is 5.75 Å². The maximum Gasteiger partial charge on any atom is 0.254 e. The molecule has 1 atom stereocenters. The van der Waals surface area contributed by atoms with Gasteiger partial charge in [-0.1, -0.05) is 29.8 Å². The molecular formula is C21H26N2O3. The topological polar surface area (TPSA) is 62.5 Å². The average Bonchev–Trinajstić information content (AvgIpc) is 2.61. The van der Waals surface area contributed by atoms with E-state index in [0.29, 0.717) is 12.2 Å². The van der Waals surface area contributed by atoms with Crippen molar-refractivity contribution in [1.29, 1.82) is 0 Å². The highest BCUT2D eigenvalue weighted by molar-refractivity contribution is 5.76. The molecule has 1 saturated heterocycles. The smallest absolute Gasteiger partial charge is 0.254 e. The molecule has 1 N–H and O–H groups in total. The van der Waals surface area contributed by atoms with Gasteiger partial charge in [0.25, 0.3) is 5.56 Å². The molecule has 2 aromatic rings. The summed E-state index contributed by atoms with van der Waals surface area (Å²) in [7, 11) is 0. The van der Waals surface area contributed by atoms with Crippen molar-refractivity contribution < 1.29 is 9.90 Å². The molecule has 2 heterocycles. The number of hydrogen-bond acceptors (Lipinski definition) is 3. The van der Waals surface area contributed by atoms with Crippen molar-refractivity contribution >= 4 is 5.91 Å². The first-order valence-corrected chi connectivity index (χ1v) is 9.22. The first kappa shape index (κ1) is 18.2. The molecule has 1 aliphatic heterocycles. The number of pyridine rings is 1. The van der Waals surface area contributed by atoms with Gasteiger partial charge < -0.3 is 14.6 Å². The van der Waals surface area contributed by atoms with Crippen molar-refractivity contribution in [3.8, 4) is 5.75 Å². The number of aromatic nitrogens is 1. The van der Waals surface area contributed by atoms with Crippen molar-refractivity contribution in [2.24, 2.45) is 0 Å². The van der Waals surface area contributed by atoms with Gasteiger partial charge in [-0.05, 0) is 44.7 Å². The summed E-state index contributed by atoms with van der Waals surface area (Å²) in [5.41, 5.74) is 2.78. The van der Waals surface area contributed by atoms with Crippen LogP contribution in [0.1, 0.15) is 48.5 Å². The summed E-state index contributed by atoms with van der Waals surface area (Å²) in [6.45, 7) is 4.93. The standard InChI is InChI=1S/C21H26N2O3/c1-15-6-8-17(9-7-15)19-5-3-4-11-23(19)20(25)10-12-22-16(2)13-18(24)14-21(22)26/h6-9,13-14,19,24H,3-5,10-12H2,1-2H3. The van der Waals surface area contributed by atoms with Crippen LogP contribution in [0, 0.1) is 13.8 Å². The van der Waals surface area contributed by atoms with Crippen LogP contribution in [0.5, 0.6) is 5.75 Å². The van der Waals surface area contributed by atoms with E-state index in [1.165, 1.54) is 17.2 Å². The molecule has 0 spiro atoms. The summed E-state index contributed by atoms with van der Waals surface area (Å²) in [6.07, 6.45) is 3.41. The lowest BCUT2D eigenvalue weighted by Gasteiger charge is -2.36. The Bertz CT molecular complexity index is 839. The summed E-state index contributed by atoms with van der Waals surface area (Å²) in [4.78, 5) is 26.9. The molecule has 1 aromatic carbocycles. The maximum atomic E-state index is 12.9. The quantitative estimate of drug-likeness (QED) is 0.916. The average molecular weight is 354 g/mol. The number of rotatable bonds is 4. The van der Waals surface area contributed by atoms with E-state index in [-0.39, 0.29) is 29.7 Å². The minimum atomic E-state index is -0.274. The number of piperidine rings is 1. The Morgan fingerprint density at radius 1 is 1.15 bits per heavy atom. The maximum absolute atomic E-state index is 12.9. The largest absolute Gasteiger partial charge is 0.508 e. The lowest BCUT2D eigenvalue weighted by atomic mass is 9.94. The summed E-state index contributed by atoms with van der Waals surface area (Å²) in [5.74, 6) is 0.0418. The molecule has 0 saturated carbocycles. The van der Waals surface area contributed by atoms with Gasteiger partial charge in [0.05, 0.1) is 6.04 Å². The SMILES string of the molecule is Cc1ccc(C2CCCCN2C(=O)CCn2c(C)cc(O)cc2=O)cc1. The van der Waals surface area contributed by atoms with E-state index >= 15 is 0 Å². The second kappa shape index (κ2) is 7.77. The summed E-state index contributed by atoms with van der Waals surface area (Å²) >= 11 is 0. The van der Waals surface area contributed by atoms with Gasteiger partial charge in [0, 0.05) is 31.3 Å². The fourth-order valence-corrected chi connectivity index (χ4v) is 3.71. The van der Waals surface area contributed by atoms with Crippen LogP contribution >= 0.6 is 0 Å². The van der Waals surface area contributed by atoms with Gasteiger partial charge in [0.2, 0.25) is 5.91 Å². The predicted molar refractivity (Wildman–Crippen MR) is 101 cm³/mol. The Hall–Kier alpha value is -2.56. The number of aryl methyl sites for hydroxylation is 2. The second-order valence-electron chi connectivity index (χ2n) is 7.10. The summed E-state index contributed by atoms with van der Waals surface area (Å²) in [5, 5.41) is 9.49. The number of aromatic hydroxyl groups is 1. The van der Waals surface area contributed by atoms with E-state index in [9.17, 15) is 14.7 Å². The molecule has 1 unspecified atom stereocenters. The van der Waals surface area contributed by atoms with Crippen molar-refractivity contribution in [2.75, 3.05) is 6.54 Å². The third kappa shape index (κ3) is 3.98. The van der Waals surface area contributed by atoms with Crippen LogP contribution in [0.2, 0.25) is 0 Å². The van der Waals surface area contributed by atoms with Gasteiger partial charge in [0.15, 0.2) is 0 Å². The van der Waals surface area contributed by atoms with Crippen molar-refractivity contribution in [1.82, 2.24) is 9.47 Å². The highest BCUT2D eigenvalue weighted by Gasteiger charge is 2.27. The van der Waals surface area contributed by atoms with E-state index in [1.807, 2.05) is 4.90 Å². The molecule has 5 heteroatoms. The fourth-order valence-electron chi connectivity index (χ4n) is 3.71. The second-order valence-corrected chi connectivity index (χ2v) is 7.10. The summed E-state index contributed by atoms with van der Waals surface area (Å²) in [6, 6.07) is 11.3. The molecule has 1 fully saturated rings. The molecule has 1 amide bonds. The van der Waals surface area contributed by atoms with Crippen LogP contribution < -0.4 is 5.56 Å². The normalized spacial score (nSPS) is 17.3. The fraction of sp³-hybridized carbons (Fsp3) is 0.429. The Balaban J connectivity index is 1.73. The zero-order chi connectivity index (χ0) is 18.7. The number of likely N-dealkylation sites (tertiary alicyclic amines) is 1. The van der Waals surface area contributed by atoms with Crippen molar-refractivity contribution in [3.05, 3.63) is 63.6 Å². The number of carbonyl (C=O) groups is 1. The van der Waals surface area contributed by atoms with Crippen LogP contribution in [0.4, 0.5) is 0 Å². The van der Waals surface area contributed by atoms with Gasteiger partial charge in [-0.25, -0.2) is 0 Å². The molecule has 0 aliphatic carbocycles. The van der Waals surface area contributed by atoms with Crippen LogP contribution in [0.3, 0.4) is 0 Å². The number of carbonyl (C=O) groups excluding carboxylic acids is 1. The van der Waals surface area contributed by atoms with E-state index in [0.717, 1.165) is 25.8 Å². The van der Waals surface area contributed by atoms with Crippen LogP contribution in [0.15, 0.2) is 41.2 Å². The van der Waals surface area contributed by atoms with E-state index in [1.54, 1.807) is 17.6 Å². The van der Waals surface area contributed by atoms with Crippen LogP contribution in [0.25, 0.3) is 0 Å². The lowest BCUT2D eigenvalue weighted by molar-refractivity contribution is -0.135. The third-order valence-corrected chi connectivity index (χ3v) is 5.15. The van der Waals surface area contributed by atoms with E-state index in [4.69, 9.17) is 0 Å². The van der Waals surface area contributed by atoms with Crippen LogP contribution in [-0.2, 0) is 11.3 Å². The molecule has 1 aromatic heterocycles. The van der Waals surface area contributed by atoms with Gasteiger partial charge in [-0.2, -0.15) is 0 Å². The van der Waals surface area contributed by atoms with Crippen molar-refractivity contribution in [2.45, 2.75) is 52.1 Å². The molecule has 1 aliphatic rings. The van der Waals surface area contributed by atoms with Gasteiger partial charge in [-0.15, -0.1) is 0 Å². The molecule has 26 heavy (non-hydrogen) atoms. The molecule has 0 bridgehead atoms. The van der Waals surface area contributed by atoms with Crippen LogP contribution in [-0.4, -0.2) is 27.0 Å². The van der Waals surface area contributed by atoms with E-state index < -0.39 is 0 Å². The zero-order valence-electron chi connectivity index (χ0n) is 15.4. The van der Waals surface area contributed by atoms with Gasteiger partial charge in [-0.3, -0.25) is 9.59 Å². The van der Waals surface area contributed by atoms with Crippen molar-refractivity contribution in [3.63, 3.8) is 0 Å². The van der Waals surface area contributed by atoms with E-state index in [2.05, 4.69) is 31.2 Å². The molecular weight excluding hydrogens is 328 g/mol. The molecule has 138 valence electrons. The number of amides is 1. The number of benzene rings is 1. The van der Waals surface area contributed by atoms with Gasteiger partial charge >= 0.3 is 0 Å². The molecule has 0 radical (unpaired) electrons. The highest BCUT2D eigenvalue weighted by atomic mass is 16.3. The lowest BCUT2D eigenvalue weighted by Crippen LogP contribution is -2.39. The Morgan fingerprint density at radius 3 is 2.58 bits per heavy atom. The minimum Gasteiger partial charge on any atom is -0.508 e. The Labute approximate surface area is 153 Å². The minimum absolute atomic E-state index is 0.0365. The summed E-state index contributed by atoms with van der Waals surface area (Å²) < 4.78 is 1.54. The Kier molecular flexibility index (Phi) is 5.45. The first-order valence-electron chi connectivity index (χ1n) is 9.22. The zero-order valence-corrected chi connectivity index (χ0v) is 15.4. The number of hydrogen-bond donors (Lipinski definition) is 1. The predicted octanol–water partition coefficient (Wildman–Crippen LogP) is 3.31. The molecule has 5 nitrogen and oxygen atoms in total. The highest BCUT2D eigenvalue weighted by Crippen LogP contribution is 2.31. The molecule has 3 rings (SSSR count). The number of nitrogens with zero attached hydrogens (tertiary/aromatic N) is 2. The Morgan fingerprint density at radius 2 is 1.88 bits per heavy atom. The third-order valence-electron chi connectivity index (χ3n) is 5.15. The first-order chi connectivity index (χ1) is 12.5.